The molecule has 1 N–H and O–H groups in total. The summed E-state index contributed by atoms with van der Waals surface area (Å²) in [7, 11) is 0. The summed E-state index contributed by atoms with van der Waals surface area (Å²) < 4.78 is 0. The molecular weight excluding hydrogens is 215 g/mol. The largest absolute Gasteiger partial charge is 0.323 e. The monoisotopic (exact) mass is 224 g/mol. The standard InChI is InChI=1S/C12H9N2O.Al/c1-2-12(15)14-11-4-3-10-8-13-6-5-9(10)7-11;/h1-8H,(H,14,15);. The van der Waals surface area contributed by atoms with Crippen molar-refractivity contribution in [2.75, 3.05) is 5.32 Å². The Morgan fingerprint density at radius 3 is 3.00 bits per heavy atom. The van der Waals surface area contributed by atoms with Gasteiger partial charge in [0, 0.05) is 23.5 Å². The van der Waals surface area contributed by atoms with E-state index in [0.29, 0.717) is 0 Å². The molecule has 0 unspecified atom stereocenters. The van der Waals surface area contributed by atoms with Gasteiger partial charge in [0.1, 0.15) is 0 Å². The fourth-order valence-electron chi connectivity index (χ4n) is 1.43. The van der Waals surface area contributed by atoms with Gasteiger partial charge < -0.3 is 5.32 Å². The van der Waals surface area contributed by atoms with Crippen molar-refractivity contribution >= 4 is 38.7 Å². The number of benzene rings is 1. The van der Waals surface area contributed by atoms with Gasteiger partial charge in [-0.1, -0.05) is 6.07 Å². The lowest BCUT2D eigenvalue weighted by Gasteiger charge is -2.03. The molecule has 0 aliphatic carbocycles. The number of carbonyl (C=O) groups is 1. The molecule has 0 bridgehead atoms. The Kier molecular flexibility index (Phi) is 3.35. The number of nitrogens with one attached hydrogen (secondary N) is 1. The topological polar surface area (TPSA) is 42.0 Å². The number of hydrogen-bond acceptors (Lipinski definition) is 2. The van der Waals surface area contributed by atoms with Gasteiger partial charge in [-0.25, -0.2) is 0 Å². The first kappa shape index (κ1) is 10.9. The molecule has 2 aromatic rings. The smallest absolute Gasteiger partial charge is 0.246 e. The minimum Gasteiger partial charge on any atom is -0.323 e. The van der Waals surface area contributed by atoms with Crippen molar-refractivity contribution in [2.24, 2.45) is 0 Å². The van der Waals surface area contributed by atoms with Crippen LogP contribution in [0.2, 0.25) is 0 Å². The van der Waals surface area contributed by atoms with Crippen LogP contribution in [-0.4, -0.2) is 27.2 Å². The normalized spacial score (nSPS) is 10.8. The van der Waals surface area contributed by atoms with E-state index in [1.54, 1.807) is 17.3 Å². The fraction of sp³-hybridized carbons (Fsp3) is 0. The number of nitrogens with zero attached hydrogens (tertiary/aromatic N) is 1. The van der Waals surface area contributed by atoms with Crippen molar-refractivity contribution in [2.45, 2.75) is 0 Å². The van der Waals surface area contributed by atoms with Gasteiger partial charge >= 0.3 is 0 Å². The second-order valence-corrected chi connectivity index (χ2v) is 3.67. The zero-order chi connectivity index (χ0) is 11.4. The maximum Gasteiger partial charge on any atom is 0.246 e. The van der Waals surface area contributed by atoms with Crippen molar-refractivity contribution in [3.63, 3.8) is 0 Å². The van der Waals surface area contributed by atoms with Crippen LogP contribution in [0.5, 0.6) is 0 Å². The average Bonchev–Trinajstić information content (AvgIpc) is 2.29. The van der Waals surface area contributed by atoms with Gasteiger partial charge in [0.2, 0.25) is 5.91 Å². The van der Waals surface area contributed by atoms with Crippen LogP contribution in [0.4, 0.5) is 5.69 Å². The lowest BCUT2D eigenvalue weighted by Crippen LogP contribution is -2.07. The van der Waals surface area contributed by atoms with Crippen LogP contribution in [0.1, 0.15) is 0 Å². The second-order valence-electron chi connectivity index (χ2n) is 3.29. The van der Waals surface area contributed by atoms with Crippen LogP contribution in [-0.2, 0) is 4.79 Å². The summed E-state index contributed by atoms with van der Waals surface area (Å²) in [6.07, 6.45) is 4.99. The number of aromatic nitrogens is 1. The molecule has 0 saturated heterocycles. The van der Waals surface area contributed by atoms with E-state index in [4.69, 9.17) is 0 Å². The minimum atomic E-state index is -0.136. The molecule has 1 heterocycles. The van der Waals surface area contributed by atoms with E-state index in [1.807, 2.05) is 24.3 Å². The molecule has 0 aliphatic heterocycles. The van der Waals surface area contributed by atoms with Gasteiger partial charge in [0.15, 0.2) is 16.3 Å². The molecule has 76 valence electrons. The summed E-state index contributed by atoms with van der Waals surface area (Å²) in [6.45, 7) is 0. The Morgan fingerprint density at radius 2 is 2.19 bits per heavy atom. The van der Waals surface area contributed by atoms with E-state index in [-0.39, 0.29) is 5.91 Å². The minimum absolute atomic E-state index is 0.136. The molecule has 0 spiro atoms. The Morgan fingerprint density at radius 1 is 1.31 bits per heavy atom. The summed E-state index contributed by atoms with van der Waals surface area (Å²) in [5.41, 5.74) is 0.784. The Bertz CT molecular complexity index is 551. The molecular formula is C12H9AlN2O. The lowest BCUT2D eigenvalue weighted by molar-refractivity contribution is -0.111. The molecule has 16 heavy (non-hydrogen) atoms. The summed E-state index contributed by atoms with van der Waals surface area (Å²) in [5.74, 6) is -0.136. The van der Waals surface area contributed by atoms with Gasteiger partial charge in [-0.15, -0.1) is 0 Å². The first-order valence-electron chi connectivity index (χ1n) is 4.82. The van der Waals surface area contributed by atoms with Gasteiger partial charge in [0.25, 0.3) is 0 Å². The number of fused-ring (bicyclic) bond motifs is 1. The number of pyridine rings is 1. The number of rotatable bonds is 2. The maximum absolute atomic E-state index is 11.3. The van der Waals surface area contributed by atoms with Crippen molar-refractivity contribution in [1.29, 1.82) is 0 Å². The molecule has 3 nitrogen and oxygen atoms in total. The summed E-state index contributed by atoms with van der Waals surface area (Å²) in [4.78, 5) is 17.0. The van der Waals surface area contributed by atoms with Crippen LogP contribution >= 0.6 is 0 Å². The SMILES string of the molecule is O=C(/C=[CH]/[Al])Nc1ccc2cnccc2c1. The molecule has 2 radical (unpaired) electrons. The van der Waals surface area contributed by atoms with Crippen molar-refractivity contribution in [3.05, 3.63) is 47.7 Å². The van der Waals surface area contributed by atoms with Gasteiger partial charge in [0.05, 0.1) is 0 Å². The predicted octanol–water partition coefficient (Wildman–Crippen LogP) is 1.86. The van der Waals surface area contributed by atoms with Crippen LogP contribution < -0.4 is 5.32 Å². The molecule has 1 amide bonds. The number of carbonyl (C=O) groups excluding carboxylic acids is 1. The Balaban J connectivity index is 2.29. The van der Waals surface area contributed by atoms with E-state index < -0.39 is 0 Å². The van der Waals surface area contributed by atoms with Crippen molar-refractivity contribution in [1.82, 2.24) is 4.98 Å². The molecule has 4 heteroatoms. The number of anilines is 1. The zero-order valence-corrected chi connectivity index (χ0v) is 9.71. The maximum atomic E-state index is 11.3. The summed E-state index contributed by atoms with van der Waals surface area (Å²) in [6, 6.07) is 7.63. The molecule has 1 aromatic carbocycles. The van der Waals surface area contributed by atoms with E-state index >= 15 is 0 Å². The van der Waals surface area contributed by atoms with Crippen molar-refractivity contribution in [3.8, 4) is 0 Å². The Labute approximate surface area is 102 Å². The highest BCUT2D eigenvalue weighted by Gasteiger charge is 1.98. The van der Waals surface area contributed by atoms with Gasteiger partial charge in [-0.3, -0.25) is 9.78 Å². The first-order valence-corrected chi connectivity index (χ1v) is 5.49. The highest BCUT2D eigenvalue weighted by atomic mass is 27.0. The lowest BCUT2D eigenvalue weighted by atomic mass is 10.1. The van der Waals surface area contributed by atoms with E-state index in [0.717, 1.165) is 16.5 Å². The van der Waals surface area contributed by atoms with E-state index in [1.165, 1.54) is 6.08 Å². The highest BCUT2D eigenvalue weighted by Crippen LogP contribution is 2.17. The molecule has 1 aromatic heterocycles. The van der Waals surface area contributed by atoms with Crippen molar-refractivity contribution < 1.29 is 4.79 Å². The predicted molar refractivity (Wildman–Crippen MR) is 65.3 cm³/mol. The summed E-state index contributed by atoms with van der Waals surface area (Å²) >= 11 is 2.36. The van der Waals surface area contributed by atoms with Crippen LogP contribution in [0, 0.1) is 0 Å². The third kappa shape index (κ3) is 2.49. The quantitative estimate of drug-likeness (QED) is 0.624. The molecule has 0 atom stereocenters. The summed E-state index contributed by atoms with van der Waals surface area (Å²) in [5, 5.41) is 4.89. The highest BCUT2D eigenvalue weighted by molar-refractivity contribution is 6.19. The van der Waals surface area contributed by atoms with Gasteiger partial charge in [-0.05, 0) is 29.7 Å². The third-order valence-electron chi connectivity index (χ3n) is 2.16. The van der Waals surface area contributed by atoms with Crippen LogP contribution in [0.3, 0.4) is 0 Å². The molecule has 0 saturated carbocycles. The van der Waals surface area contributed by atoms with Crippen LogP contribution in [0.15, 0.2) is 47.7 Å². The second kappa shape index (κ2) is 4.93. The van der Waals surface area contributed by atoms with E-state index in [9.17, 15) is 4.79 Å². The first-order chi connectivity index (χ1) is 7.79. The van der Waals surface area contributed by atoms with E-state index in [2.05, 4.69) is 26.6 Å². The Hall–Kier alpha value is -1.63. The zero-order valence-electron chi connectivity index (χ0n) is 8.55. The third-order valence-corrected chi connectivity index (χ3v) is 2.35. The molecule has 0 aliphatic rings. The fourth-order valence-corrected chi connectivity index (χ4v) is 1.61. The number of amides is 1. The van der Waals surface area contributed by atoms with Crippen LogP contribution in [0.25, 0.3) is 10.8 Å². The molecule has 2 rings (SSSR count). The molecule has 0 fully saturated rings. The average molecular weight is 224 g/mol. The number of hydrogen-bond donors (Lipinski definition) is 1. The van der Waals surface area contributed by atoms with Gasteiger partial charge in [-0.2, -0.15) is 4.94 Å².